The number of hydrogen-bond acceptors (Lipinski definition) is 3. The van der Waals surface area contributed by atoms with E-state index in [1.807, 2.05) is 25.1 Å². The number of carbonyl (C=O) groups is 1. The normalized spacial score (nSPS) is 16.2. The second-order valence-corrected chi connectivity index (χ2v) is 7.07. The molecule has 0 bridgehead atoms. The summed E-state index contributed by atoms with van der Waals surface area (Å²) in [6.45, 7) is 2.81. The first kappa shape index (κ1) is 14.9. The van der Waals surface area contributed by atoms with Gasteiger partial charge in [0.15, 0.2) is 0 Å². The highest BCUT2D eigenvalue weighted by atomic mass is 79.9. The van der Waals surface area contributed by atoms with Gasteiger partial charge in [-0.25, -0.2) is 0 Å². The first-order chi connectivity index (χ1) is 9.04. The second-order valence-electron chi connectivity index (χ2n) is 5.13. The Labute approximate surface area is 126 Å². The van der Waals surface area contributed by atoms with E-state index in [1.54, 1.807) is 11.8 Å². The molecular weight excluding hydrogens is 326 g/mol. The zero-order chi connectivity index (χ0) is 13.9. The van der Waals surface area contributed by atoms with Crippen molar-refractivity contribution in [3.8, 4) is 0 Å². The number of aliphatic hydroxyl groups excluding tert-OH is 1. The highest BCUT2D eigenvalue weighted by Crippen LogP contribution is 2.44. The van der Waals surface area contributed by atoms with Crippen LogP contribution in [-0.4, -0.2) is 29.9 Å². The van der Waals surface area contributed by atoms with E-state index in [9.17, 15) is 9.90 Å². The summed E-state index contributed by atoms with van der Waals surface area (Å²) in [5.41, 5.74) is 1.15. The molecule has 1 fully saturated rings. The molecular formula is C14H18BrNO2S. The van der Waals surface area contributed by atoms with Gasteiger partial charge in [-0.3, -0.25) is 4.79 Å². The number of aliphatic hydroxyl groups is 1. The maximum atomic E-state index is 11.8. The smallest absolute Gasteiger partial charge is 0.230 e. The Morgan fingerprint density at radius 2 is 2.26 bits per heavy atom. The van der Waals surface area contributed by atoms with Crippen LogP contribution in [-0.2, 0) is 4.79 Å². The Bertz CT molecular complexity index is 475. The summed E-state index contributed by atoms with van der Waals surface area (Å²) in [6, 6.07) is 6.05. The molecule has 2 rings (SSSR count). The fraction of sp³-hybridized carbons (Fsp3) is 0.500. The van der Waals surface area contributed by atoms with Crippen LogP contribution < -0.4 is 5.32 Å². The number of benzene rings is 1. The number of rotatable bonds is 6. The molecule has 19 heavy (non-hydrogen) atoms. The van der Waals surface area contributed by atoms with Crippen molar-refractivity contribution in [1.82, 2.24) is 5.32 Å². The maximum Gasteiger partial charge on any atom is 0.230 e. The van der Waals surface area contributed by atoms with Gasteiger partial charge in [-0.2, -0.15) is 0 Å². The van der Waals surface area contributed by atoms with Crippen molar-refractivity contribution >= 4 is 33.6 Å². The summed E-state index contributed by atoms with van der Waals surface area (Å²) in [6.07, 6.45) is 2.03. The topological polar surface area (TPSA) is 49.3 Å². The fourth-order valence-electron chi connectivity index (χ4n) is 1.82. The molecule has 0 aliphatic heterocycles. The van der Waals surface area contributed by atoms with Gasteiger partial charge in [0.05, 0.1) is 12.4 Å². The van der Waals surface area contributed by atoms with Gasteiger partial charge < -0.3 is 10.4 Å². The number of hydrogen-bond donors (Lipinski definition) is 2. The number of nitrogens with one attached hydrogen (secondary N) is 1. The Morgan fingerprint density at radius 3 is 2.84 bits per heavy atom. The minimum absolute atomic E-state index is 0.0200. The summed E-state index contributed by atoms with van der Waals surface area (Å²) in [7, 11) is 0. The lowest BCUT2D eigenvalue weighted by molar-refractivity contribution is -0.118. The summed E-state index contributed by atoms with van der Waals surface area (Å²) < 4.78 is 1.05. The molecule has 1 amide bonds. The van der Waals surface area contributed by atoms with Crippen molar-refractivity contribution in [1.29, 1.82) is 0 Å². The van der Waals surface area contributed by atoms with E-state index in [-0.39, 0.29) is 17.9 Å². The maximum absolute atomic E-state index is 11.8. The van der Waals surface area contributed by atoms with Crippen LogP contribution in [0.4, 0.5) is 0 Å². The van der Waals surface area contributed by atoms with Crippen LogP contribution >= 0.6 is 27.7 Å². The number of thioether (sulfide) groups is 1. The molecule has 2 N–H and O–H groups in total. The van der Waals surface area contributed by atoms with Crippen LogP contribution in [0.1, 0.15) is 18.4 Å². The number of carbonyl (C=O) groups excluding carboxylic acids is 1. The Morgan fingerprint density at radius 1 is 1.53 bits per heavy atom. The molecule has 0 atom stereocenters. The molecule has 0 spiro atoms. The van der Waals surface area contributed by atoms with E-state index in [1.165, 1.54) is 5.56 Å². The minimum atomic E-state index is -0.0200. The lowest BCUT2D eigenvalue weighted by Gasteiger charge is -2.12. The van der Waals surface area contributed by atoms with Crippen molar-refractivity contribution in [3.05, 3.63) is 28.2 Å². The van der Waals surface area contributed by atoms with E-state index in [2.05, 4.69) is 21.2 Å². The zero-order valence-corrected chi connectivity index (χ0v) is 13.3. The molecule has 104 valence electrons. The molecule has 0 heterocycles. The van der Waals surface area contributed by atoms with Gasteiger partial charge >= 0.3 is 0 Å². The molecule has 0 saturated heterocycles. The van der Waals surface area contributed by atoms with Crippen molar-refractivity contribution < 1.29 is 9.90 Å². The second kappa shape index (κ2) is 6.29. The minimum Gasteiger partial charge on any atom is -0.396 e. The molecule has 1 aliphatic carbocycles. The molecule has 0 aromatic heterocycles. The Kier molecular flexibility index (Phi) is 4.92. The largest absolute Gasteiger partial charge is 0.396 e. The van der Waals surface area contributed by atoms with Gasteiger partial charge in [0, 0.05) is 21.3 Å². The quantitative estimate of drug-likeness (QED) is 0.781. The van der Waals surface area contributed by atoms with Gasteiger partial charge in [0.1, 0.15) is 0 Å². The summed E-state index contributed by atoms with van der Waals surface area (Å²) in [4.78, 5) is 12.9. The molecule has 3 nitrogen and oxygen atoms in total. The highest BCUT2D eigenvalue weighted by Gasteiger charge is 2.41. The van der Waals surface area contributed by atoms with Crippen molar-refractivity contribution in [3.63, 3.8) is 0 Å². The predicted molar refractivity (Wildman–Crippen MR) is 81.4 cm³/mol. The van der Waals surface area contributed by atoms with E-state index in [0.717, 1.165) is 22.2 Å². The van der Waals surface area contributed by atoms with E-state index in [0.29, 0.717) is 12.3 Å². The third kappa shape index (κ3) is 4.23. The van der Waals surface area contributed by atoms with E-state index in [4.69, 9.17) is 0 Å². The number of amides is 1. The standard InChI is InChI=1S/C14H18BrNO2S/c1-10-6-11(15)2-3-12(10)19-7-13(18)16-8-14(9-17)4-5-14/h2-3,6,17H,4-5,7-9H2,1H3,(H,16,18). The number of halogens is 1. The Balaban J connectivity index is 1.77. The van der Waals surface area contributed by atoms with Gasteiger partial charge in [0.25, 0.3) is 0 Å². The SMILES string of the molecule is Cc1cc(Br)ccc1SCC(=O)NCC1(CO)CC1. The molecule has 1 aromatic carbocycles. The molecule has 1 aromatic rings. The molecule has 0 radical (unpaired) electrons. The summed E-state index contributed by atoms with van der Waals surface area (Å²) >= 11 is 4.97. The first-order valence-corrected chi connectivity index (χ1v) is 8.09. The van der Waals surface area contributed by atoms with Crippen LogP contribution in [0.2, 0.25) is 0 Å². The lowest BCUT2D eigenvalue weighted by atomic mass is 10.1. The third-order valence-corrected chi connectivity index (χ3v) is 5.12. The molecule has 5 heteroatoms. The van der Waals surface area contributed by atoms with Gasteiger partial charge in [0.2, 0.25) is 5.91 Å². The third-order valence-electron chi connectivity index (χ3n) is 3.45. The van der Waals surface area contributed by atoms with Crippen LogP contribution in [0.15, 0.2) is 27.6 Å². The summed E-state index contributed by atoms with van der Waals surface area (Å²) in [5, 5.41) is 12.1. The molecule has 1 saturated carbocycles. The zero-order valence-electron chi connectivity index (χ0n) is 10.9. The van der Waals surface area contributed by atoms with E-state index >= 15 is 0 Å². The van der Waals surface area contributed by atoms with Gasteiger partial charge in [-0.05, 0) is 43.5 Å². The summed E-state index contributed by atoms with van der Waals surface area (Å²) in [5.74, 6) is 0.455. The lowest BCUT2D eigenvalue weighted by Crippen LogP contribution is -2.32. The first-order valence-electron chi connectivity index (χ1n) is 6.31. The fourth-order valence-corrected chi connectivity index (χ4v) is 3.14. The van der Waals surface area contributed by atoms with Crippen LogP contribution in [0.3, 0.4) is 0 Å². The van der Waals surface area contributed by atoms with Crippen LogP contribution in [0.5, 0.6) is 0 Å². The van der Waals surface area contributed by atoms with Crippen LogP contribution in [0.25, 0.3) is 0 Å². The average Bonchev–Trinajstić information content (AvgIpc) is 3.16. The van der Waals surface area contributed by atoms with Crippen molar-refractivity contribution in [2.75, 3.05) is 18.9 Å². The van der Waals surface area contributed by atoms with Gasteiger partial charge in [-0.1, -0.05) is 15.9 Å². The van der Waals surface area contributed by atoms with E-state index < -0.39 is 0 Å². The predicted octanol–water partition coefficient (Wildman–Crippen LogP) is 2.74. The number of aryl methyl sites for hydroxylation is 1. The highest BCUT2D eigenvalue weighted by molar-refractivity contribution is 9.10. The monoisotopic (exact) mass is 343 g/mol. The van der Waals surface area contributed by atoms with Crippen LogP contribution in [0, 0.1) is 12.3 Å². The molecule has 1 aliphatic rings. The average molecular weight is 344 g/mol. The molecule has 0 unspecified atom stereocenters. The van der Waals surface area contributed by atoms with Crippen molar-refractivity contribution in [2.24, 2.45) is 5.41 Å². The van der Waals surface area contributed by atoms with Crippen molar-refractivity contribution in [2.45, 2.75) is 24.7 Å². The Hall–Kier alpha value is -0.520. The van der Waals surface area contributed by atoms with Gasteiger partial charge in [-0.15, -0.1) is 11.8 Å².